The molecule has 0 atom stereocenters. The molecule has 0 unspecified atom stereocenters. The van der Waals surface area contributed by atoms with Crippen molar-refractivity contribution in [3.63, 3.8) is 0 Å². The molecule has 1 aromatic heterocycles. The largest absolute Gasteiger partial charge is 0.398 e. The molecular formula is C14H19N3O2. The topological polar surface area (TPSA) is 80.9 Å². The first kappa shape index (κ1) is 13.4. The molecule has 0 aliphatic carbocycles. The molecule has 0 aliphatic rings. The van der Waals surface area contributed by atoms with Crippen molar-refractivity contribution in [2.75, 3.05) is 5.73 Å². The number of nitrogens with zero attached hydrogens (tertiary/aromatic N) is 1. The Morgan fingerprint density at radius 2 is 2.00 bits per heavy atom. The highest BCUT2D eigenvalue weighted by molar-refractivity contribution is 5.93. The molecule has 0 spiro atoms. The molecule has 1 heterocycles. The molecule has 5 heteroatoms. The summed E-state index contributed by atoms with van der Waals surface area (Å²) in [5.41, 5.74) is 8.15. The average Bonchev–Trinajstić information content (AvgIpc) is 2.66. The van der Waals surface area contributed by atoms with E-state index in [2.05, 4.69) is 4.98 Å². The van der Waals surface area contributed by atoms with Crippen molar-refractivity contribution in [3.05, 3.63) is 28.2 Å². The highest BCUT2D eigenvalue weighted by Crippen LogP contribution is 2.20. The van der Waals surface area contributed by atoms with E-state index in [1.165, 1.54) is 4.57 Å². The van der Waals surface area contributed by atoms with Gasteiger partial charge in [-0.25, -0.2) is 9.36 Å². The lowest BCUT2D eigenvalue weighted by molar-refractivity contribution is 0.0828. The molecule has 0 aliphatic heterocycles. The minimum atomic E-state index is -0.392. The number of hydrogen-bond acceptors (Lipinski definition) is 3. The van der Waals surface area contributed by atoms with Crippen molar-refractivity contribution < 1.29 is 4.79 Å². The molecule has 19 heavy (non-hydrogen) atoms. The zero-order valence-corrected chi connectivity index (χ0v) is 11.5. The van der Waals surface area contributed by atoms with E-state index in [0.29, 0.717) is 16.7 Å². The molecule has 102 valence electrons. The second kappa shape index (κ2) is 4.91. The van der Waals surface area contributed by atoms with Gasteiger partial charge in [-0.2, -0.15) is 0 Å². The van der Waals surface area contributed by atoms with Crippen LogP contribution in [-0.2, 0) is 0 Å². The molecule has 1 aromatic carbocycles. The summed E-state index contributed by atoms with van der Waals surface area (Å²) in [6.45, 7) is 5.77. The van der Waals surface area contributed by atoms with E-state index in [0.717, 1.165) is 18.4 Å². The quantitative estimate of drug-likeness (QED) is 0.832. The van der Waals surface area contributed by atoms with Gasteiger partial charge in [-0.15, -0.1) is 0 Å². The van der Waals surface area contributed by atoms with E-state index < -0.39 is 5.69 Å². The fourth-order valence-electron chi connectivity index (χ4n) is 2.32. The maximum atomic E-state index is 12.4. The fraction of sp³-hybridized carbons (Fsp3) is 0.429. The number of imidazole rings is 1. The summed E-state index contributed by atoms with van der Waals surface area (Å²) in [6.07, 6.45) is 1.44. The molecule has 0 saturated carbocycles. The van der Waals surface area contributed by atoms with E-state index >= 15 is 0 Å². The number of rotatable bonds is 3. The normalized spacial score (nSPS) is 11.4. The molecule has 0 radical (unpaired) electrons. The first-order chi connectivity index (χ1) is 8.99. The Bertz CT molecular complexity index is 678. The molecule has 2 aromatic rings. The van der Waals surface area contributed by atoms with Gasteiger partial charge in [-0.1, -0.05) is 13.8 Å². The van der Waals surface area contributed by atoms with Gasteiger partial charge in [0.25, 0.3) is 0 Å². The summed E-state index contributed by atoms with van der Waals surface area (Å²) in [5, 5.41) is 0. The van der Waals surface area contributed by atoms with E-state index in [1.54, 1.807) is 12.1 Å². The summed E-state index contributed by atoms with van der Waals surface area (Å²) in [5.74, 6) is -0.302. The van der Waals surface area contributed by atoms with Gasteiger partial charge < -0.3 is 10.7 Å². The van der Waals surface area contributed by atoms with Gasteiger partial charge in [0.2, 0.25) is 5.91 Å². The van der Waals surface area contributed by atoms with Crippen molar-refractivity contribution in [2.45, 2.75) is 33.6 Å². The second-order valence-corrected chi connectivity index (χ2v) is 4.84. The van der Waals surface area contributed by atoms with Gasteiger partial charge >= 0.3 is 5.69 Å². The molecule has 0 bridgehead atoms. The summed E-state index contributed by atoms with van der Waals surface area (Å²) in [7, 11) is 0. The highest BCUT2D eigenvalue weighted by atomic mass is 16.2. The number of carbonyl (C=O) groups excluding carboxylic acids is 1. The predicted octanol–water partition coefficient (Wildman–Crippen LogP) is 2.30. The fourth-order valence-corrected chi connectivity index (χ4v) is 2.32. The molecule has 0 saturated heterocycles. The Kier molecular flexibility index (Phi) is 3.46. The zero-order valence-electron chi connectivity index (χ0n) is 11.5. The number of nitrogens with two attached hydrogens (primary N) is 1. The molecule has 0 fully saturated rings. The number of H-pyrrole nitrogens is 1. The summed E-state index contributed by atoms with van der Waals surface area (Å²) >= 11 is 0. The van der Waals surface area contributed by atoms with Crippen LogP contribution in [0.3, 0.4) is 0 Å². The van der Waals surface area contributed by atoms with Crippen molar-refractivity contribution >= 4 is 22.6 Å². The Hall–Kier alpha value is -2.04. The number of benzene rings is 1. The van der Waals surface area contributed by atoms with Crippen LogP contribution in [-0.4, -0.2) is 15.5 Å². The number of aromatic amines is 1. The molecule has 0 amide bonds. The van der Waals surface area contributed by atoms with Gasteiger partial charge in [0.1, 0.15) is 0 Å². The van der Waals surface area contributed by atoms with E-state index in [-0.39, 0.29) is 11.8 Å². The molecule has 5 nitrogen and oxygen atoms in total. The molecular weight excluding hydrogens is 242 g/mol. The van der Waals surface area contributed by atoms with E-state index in [1.807, 2.05) is 20.8 Å². The number of carbonyl (C=O) groups is 1. The van der Waals surface area contributed by atoms with Crippen LogP contribution in [0.5, 0.6) is 0 Å². The highest BCUT2D eigenvalue weighted by Gasteiger charge is 2.21. The van der Waals surface area contributed by atoms with Crippen LogP contribution in [0.1, 0.15) is 37.0 Å². The molecule has 2 rings (SSSR count). The first-order valence-electron chi connectivity index (χ1n) is 6.54. The maximum absolute atomic E-state index is 12.4. The van der Waals surface area contributed by atoms with Crippen LogP contribution in [0, 0.1) is 12.8 Å². The average molecular weight is 261 g/mol. The van der Waals surface area contributed by atoms with Crippen LogP contribution < -0.4 is 11.4 Å². The standard InChI is InChI=1S/C14H19N3O2/c1-4-9(5-2)13(18)17-12-7-10(15)8(3)6-11(12)16-14(17)19/h6-7,9H,4-5,15H2,1-3H3,(H,16,19). The van der Waals surface area contributed by atoms with E-state index in [4.69, 9.17) is 5.73 Å². The van der Waals surface area contributed by atoms with Crippen LogP contribution in [0.15, 0.2) is 16.9 Å². The predicted molar refractivity (Wildman–Crippen MR) is 76.4 cm³/mol. The molecule has 3 N–H and O–H groups in total. The number of nitrogens with one attached hydrogen (secondary N) is 1. The first-order valence-corrected chi connectivity index (χ1v) is 6.54. The van der Waals surface area contributed by atoms with Gasteiger partial charge in [0.05, 0.1) is 11.0 Å². The third kappa shape index (κ3) is 2.16. The van der Waals surface area contributed by atoms with Gasteiger partial charge in [0, 0.05) is 11.6 Å². The third-order valence-electron chi connectivity index (χ3n) is 3.63. The van der Waals surface area contributed by atoms with Crippen LogP contribution in [0.25, 0.3) is 11.0 Å². The van der Waals surface area contributed by atoms with Crippen LogP contribution in [0.2, 0.25) is 0 Å². The Morgan fingerprint density at radius 3 is 2.58 bits per heavy atom. The summed E-state index contributed by atoms with van der Waals surface area (Å²) < 4.78 is 1.21. The monoisotopic (exact) mass is 261 g/mol. The Balaban J connectivity index is 2.66. The minimum Gasteiger partial charge on any atom is -0.398 e. The van der Waals surface area contributed by atoms with Gasteiger partial charge in [0.15, 0.2) is 0 Å². The maximum Gasteiger partial charge on any atom is 0.333 e. The smallest absolute Gasteiger partial charge is 0.333 e. The Morgan fingerprint density at radius 1 is 1.37 bits per heavy atom. The van der Waals surface area contributed by atoms with Crippen LogP contribution in [0.4, 0.5) is 5.69 Å². The van der Waals surface area contributed by atoms with Crippen LogP contribution >= 0.6 is 0 Å². The SMILES string of the molecule is CCC(CC)C(=O)n1c(=O)[nH]c2cc(C)c(N)cc21. The van der Waals surface area contributed by atoms with E-state index in [9.17, 15) is 9.59 Å². The zero-order chi connectivity index (χ0) is 14.2. The summed E-state index contributed by atoms with van der Waals surface area (Å²) in [4.78, 5) is 27.1. The van der Waals surface area contributed by atoms with Gasteiger partial charge in [-0.05, 0) is 37.5 Å². The van der Waals surface area contributed by atoms with Crippen molar-refractivity contribution in [3.8, 4) is 0 Å². The number of aryl methyl sites for hydroxylation is 1. The third-order valence-corrected chi connectivity index (χ3v) is 3.63. The van der Waals surface area contributed by atoms with Gasteiger partial charge in [-0.3, -0.25) is 4.79 Å². The lowest BCUT2D eigenvalue weighted by Crippen LogP contribution is -2.29. The van der Waals surface area contributed by atoms with Crippen molar-refractivity contribution in [1.82, 2.24) is 9.55 Å². The number of aromatic nitrogens is 2. The summed E-state index contributed by atoms with van der Waals surface area (Å²) in [6, 6.07) is 3.48. The lowest BCUT2D eigenvalue weighted by atomic mass is 10.0. The number of fused-ring (bicyclic) bond motifs is 1. The lowest BCUT2D eigenvalue weighted by Gasteiger charge is -2.11. The minimum absolute atomic E-state index is 0.140. The Labute approximate surface area is 111 Å². The number of nitrogen functional groups attached to an aromatic ring is 1. The van der Waals surface area contributed by atoms with Crippen molar-refractivity contribution in [1.29, 1.82) is 0 Å². The number of anilines is 1. The second-order valence-electron chi connectivity index (χ2n) is 4.84. The van der Waals surface area contributed by atoms with Crippen molar-refractivity contribution in [2.24, 2.45) is 5.92 Å². The number of hydrogen-bond donors (Lipinski definition) is 2.